The Hall–Kier alpha value is -0.610. The molecule has 0 aliphatic heterocycles. The van der Waals surface area contributed by atoms with Crippen molar-refractivity contribution in [1.82, 2.24) is 4.98 Å². The molecular formula is C9H8BrClN2O. The number of nitrogens with two attached hydrogens (primary N) is 1. The van der Waals surface area contributed by atoms with E-state index in [1.807, 2.05) is 0 Å². The molecule has 1 aliphatic rings. The monoisotopic (exact) mass is 274 g/mol. The third-order valence-electron chi connectivity index (χ3n) is 2.48. The normalized spacial score (nSPS) is 17.9. The lowest BCUT2D eigenvalue weighted by molar-refractivity contribution is -0.120. The Morgan fingerprint density at radius 1 is 1.64 bits per heavy atom. The largest absolute Gasteiger partial charge is 0.369 e. The van der Waals surface area contributed by atoms with Crippen molar-refractivity contribution in [2.24, 2.45) is 5.73 Å². The maximum absolute atomic E-state index is 11.2. The van der Waals surface area contributed by atoms with Crippen molar-refractivity contribution in [3.63, 3.8) is 0 Å². The number of pyridine rings is 1. The molecule has 0 atom stereocenters. The maximum atomic E-state index is 11.2. The molecule has 0 saturated heterocycles. The molecule has 1 fully saturated rings. The molecule has 5 heteroatoms. The van der Waals surface area contributed by atoms with Crippen molar-refractivity contribution in [3.8, 4) is 0 Å². The molecule has 0 radical (unpaired) electrons. The highest BCUT2D eigenvalue weighted by atomic mass is 79.9. The van der Waals surface area contributed by atoms with Gasteiger partial charge in [-0.3, -0.25) is 9.78 Å². The lowest BCUT2D eigenvalue weighted by Crippen LogP contribution is -2.29. The molecule has 2 rings (SSSR count). The zero-order chi connectivity index (χ0) is 10.3. The van der Waals surface area contributed by atoms with Crippen LogP contribution in [0.1, 0.15) is 18.5 Å². The predicted octanol–water partition coefficient (Wildman–Crippen LogP) is 2.01. The molecule has 1 amide bonds. The van der Waals surface area contributed by atoms with Gasteiger partial charge >= 0.3 is 0 Å². The molecular weight excluding hydrogens is 267 g/mol. The molecule has 0 aromatic carbocycles. The number of primary amides is 1. The summed E-state index contributed by atoms with van der Waals surface area (Å²) in [6.45, 7) is 0. The molecule has 0 unspecified atom stereocenters. The Kier molecular flexibility index (Phi) is 2.27. The standard InChI is InChI=1S/C9H8BrClN2O/c10-5-3-6(11)7(13-4-5)9(1-2-9)8(12)14/h3-4H,1-2H2,(H2,12,14). The topological polar surface area (TPSA) is 56.0 Å². The molecule has 1 heterocycles. The summed E-state index contributed by atoms with van der Waals surface area (Å²) < 4.78 is 0.798. The summed E-state index contributed by atoms with van der Waals surface area (Å²) >= 11 is 9.26. The summed E-state index contributed by atoms with van der Waals surface area (Å²) in [5.41, 5.74) is 5.33. The van der Waals surface area contributed by atoms with Crippen molar-refractivity contribution in [1.29, 1.82) is 0 Å². The number of halogens is 2. The Morgan fingerprint density at radius 2 is 2.29 bits per heavy atom. The Bertz CT molecular complexity index is 404. The van der Waals surface area contributed by atoms with E-state index in [9.17, 15) is 4.79 Å². The molecule has 74 valence electrons. The van der Waals surface area contributed by atoms with Crippen molar-refractivity contribution >= 4 is 33.4 Å². The number of aromatic nitrogens is 1. The minimum atomic E-state index is -0.599. The summed E-state index contributed by atoms with van der Waals surface area (Å²) in [5, 5.41) is 0.496. The van der Waals surface area contributed by atoms with Crippen LogP contribution in [0.15, 0.2) is 16.7 Å². The number of nitrogens with zero attached hydrogens (tertiary/aromatic N) is 1. The number of hydrogen-bond donors (Lipinski definition) is 1. The average molecular weight is 276 g/mol. The molecule has 2 N–H and O–H groups in total. The van der Waals surface area contributed by atoms with Crippen LogP contribution in [0.4, 0.5) is 0 Å². The van der Waals surface area contributed by atoms with Gasteiger partial charge in [-0.1, -0.05) is 11.6 Å². The molecule has 1 aromatic rings. The summed E-state index contributed by atoms with van der Waals surface area (Å²) in [6.07, 6.45) is 3.12. The first kappa shape index (κ1) is 9.93. The fourth-order valence-corrected chi connectivity index (χ4v) is 2.30. The second-order valence-electron chi connectivity index (χ2n) is 3.43. The maximum Gasteiger partial charge on any atom is 0.229 e. The molecule has 14 heavy (non-hydrogen) atoms. The van der Waals surface area contributed by atoms with Crippen LogP contribution in [0.2, 0.25) is 5.02 Å². The van der Waals surface area contributed by atoms with Gasteiger partial charge in [0.15, 0.2) is 0 Å². The van der Waals surface area contributed by atoms with E-state index in [1.165, 1.54) is 0 Å². The number of carbonyl (C=O) groups excluding carboxylic acids is 1. The van der Waals surface area contributed by atoms with Gasteiger partial charge in [-0.25, -0.2) is 0 Å². The van der Waals surface area contributed by atoms with E-state index in [4.69, 9.17) is 17.3 Å². The first-order valence-electron chi connectivity index (χ1n) is 4.18. The van der Waals surface area contributed by atoms with Crippen LogP contribution in [0.25, 0.3) is 0 Å². The summed E-state index contributed by atoms with van der Waals surface area (Å²) in [6, 6.07) is 1.73. The summed E-state index contributed by atoms with van der Waals surface area (Å²) in [7, 11) is 0. The number of rotatable bonds is 2. The lowest BCUT2D eigenvalue weighted by atomic mass is 10.0. The van der Waals surface area contributed by atoms with Crippen LogP contribution < -0.4 is 5.73 Å². The van der Waals surface area contributed by atoms with Gasteiger partial charge in [0.2, 0.25) is 5.91 Å². The zero-order valence-electron chi connectivity index (χ0n) is 7.26. The zero-order valence-corrected chi connectivity index (χ0v) is 9.60. The average Bonchev–Trinajstić information content (AvgIpc) is 2.84. The van der Waals surface area contributed by atoms with Crippen molar-refractivity contribution in [2.45, 2.75) is 18.3 Å². The Labute approximate surface area is 94.8 Å². The van der Waals surface area contributed by atoms with Crippen LogP contribution in [-0.4, -0.2) is 10.9 Å². The van der Waals surface area contributed by atoms with Gasteiger partial charge in [-0.15, -0.1) is 0 Å². The SMILES string of the molecule is NC(=O)C1(c2ncc(Br)cc2Cl)CC1. The van der Waals surface area contributed by atoms with Crippen LogP contribution in [0.3, 0.4) is 0 Å². The van der Waals surface area contributed by atoms with Gasteiger partial charge in [-0.05, 0) is 34.8 Å². The van der Waals surface area contributed by atoms with Gasteiger partial charge in [-0.2, -0.15) is 0 Å². The second kappa shape index (κ2) is 3.21. The second-order valence-corrected chi connectivity index (χ2v) is 4.75. The van der Waals surface area contributed by atoms with Crippen molar-refractivity contribution in [2.75, 3.05) is 0 Å². The van der Waals surface area contributed by atoms with E-state index in [1.54, 1.807) is 12.3 Å². The van der Waals surface area contributed by atoms with Gasteiger partial charge in [0.05, 0.1) is 16.1 Å². The fourth-order valence-electron chi connectivity index (χ4n) is 1.49. The highest BCUT2D eigenvalue weighted by Crippen LogP contribution is 2.49. The quantitative estimate of drug-likeness (QED) is 0.897. The van der Waals surface area contributed by atoms with Gasteiger partial charge in [0.25, 0.3) is 0 Å². The Morgan fingerprint density at radius 3 is 2.71 bits per heavy atom. The van der Waals surface area contributed by atoms with Gasteiger partial charge in [0.1, 0.15) is 0 Å². The van der Waals surface area contributed by atoms with E-state index in [-0.39, 0.29) is 5.91 Å². The molecule has 3 nitrogen and oxygen atoms in total. The number of amides is 1. The van der Waals surface area contributed by atoms with E-state index in [0.717, 1.165) is 17.3 Å². The van der Waals surface area contributed by atoms with Crippen LogP contribution >= 0.6 is 27.5 Å². The van der Waals surface area contributed by atoms with E-state index < -0.39 is 5.41 Å². The highest BCUT2D eigenvalue weighted by Gasteiger charge is 2.52. The van der Waals surface area contributed by atoms with E-state index in [2.05, 4.69) is 20.9 Å². The molecule has 0 spiro atoms. The first-order chi connectivity index (χ1) is 6.56. The van der Waals surface area contributed by atoms with E-state index in [0.29, 0.717) is 10.7 Å². The molecule has 1 saturated carbocycles. The van der Waals surface area contributed by atoms with Crippen molar-refractivity contribution < 1.29 is 4.79 Å². The third-order valence-corrected chi connectivity index (χ3v) is 3.20. The van der Waals surface area contributed by atoms with Crippen LogP contribution in [0.5, 0.6) is 0 Å². The summed E-state index contributed by atoms with van der Waals surface area (Å²) in [5.74, 6) is -0.339. The lowest BCUT2D eigenvalue weighted by Gasteiger charge is -2.11. The van der Waals surface area contributed by atoms with Crippen LogP contribution in [-0.2, 0) is 10.2 Å². The summed E-state index contributed by atoms with van der Waals surface area (Å²) in [4.78, 5) is 15.4. The molecule has 1 aliphatic carbocycles. The number of carbonyl (C=O) groups is 1. The van der Waals surface area contributed by atoms with Gasteiger partial charge in [0, 0.05) is 10.7 Å². The minimum absolute atomic E-state index is 0.339. The number of hydrogen-bond acceptors (Lipinski definition) is 2. The minimum Gasteiger partial charge on any atom is -0.369 e. The molecule has 0 bridgehead atoms. The smallest absolute Gasteiger partial charge is 0.229 e. The third kappa shape index (κ3) is 1.42. The van der Waals surface area contributed by atoms with Crippen molar-refractivity contribution in [3.05, 3.63) is 27.5 Å². The predicted molar refractivity (Wildman–Crippen MR) is 57.1 cm³/mol. The Balaban J connectivity index is 2.47. The molecule has 1 aromatic heterocycles. The first-order valence-corrected chi connectivity index (χ1v) is 5.35. The highest BCUT2D eigenvalue weighted by molar-refractivity contribution is 9.10. The fraction of sp³-hybridized carbons (Fsp3) is 0.333. The van der Waals surface area contributed by atoms with Gasteiger partial charge < -0.3 is 5.73 Å². The van der Waals surface area contributed by atoms with Crippen LogP contribution in [0, 0.1) is 0 Å². The van der Waals surface area contributed by atoms with E-state index >= 15 is 0 Å².